The molecule has 2 rings (SSSR count). The van der Waals surface area contributed by atoms with Gasteiger partial charge in [0.15, 0.2) is 0 Å². The molecule has 0 aliphatic heterocycles. The third-order valence-corrected chi connectivity index (χ3v) is 2.52. The molecule has 0 aliphatic carbocycles. The Hall–Kier alpha value is -2.08. The summed E-state index contributed by atoms with van der Waals surface area (Å²) in [6.07, 6.45) is 2.17. The summed E-state index contributed by atoms with van der Waals surface area (Å²) in [6, 6.07) is 20.5. The molecule has 0 nitrogen and oxygen atoms in total. The van der Waals surface area contributed by atoms with Crippen LogP contribution in [0.5, 0.6) is 0 Å². The van der Waals surface area contributed by atoms with Crippen LogP contribution in [0.25, 0.3) is 11.6 Å². The summed E-state index contributed by atoms with van der Waals surface area (Å²) in [5.41, 5.74) is 4.96. The van der Waals surface area contributed by atoms with Crippen LogP contribution in [0.15, 0.2) is 72.8 Å². The molecule has 0 heteroatoms. The Labute approximate surface area is 117 Å². The molecule has 0 unspecified atom stereocenters. The van der Waals surface area contributed by atoms with E-state index in [1.165, 1.54) is 16.7 Å². The van der Waals surface area contributed by atoms with E-state index in [4.69, 9.17) is 0 Å². The van der Waals surface area contributed by atoms with Gasteiger partial charge in [-0.05, 0) is 31.9 Å². The zero-order chi connectivity index (χ0) is 14.1. The molecule has 0 aliphatic rings. The van der Waals surface area contributed by atoms with Gasteiger partial charge < -0.3 is 0 Å². The van der Waals surface area contributed by atoms with Crippen LogP contribution in [-0.2, 0) is 0 Å². The molecule has 2 aromatic carbocycles. The highest BCUT2D eigenvalue weighted by molar-refractivity contribution is 5.60. The van der Waals surface area contributed by atoms with E-state index in [1.54, 1.807) is 0 Å². The van der Waals surface area contributed by atoms with Crippen molar-refractivity contribution < 1.29 is 0 Å². The molecule has 2 aromatic rings. The summed E-state index contributed by atoms with van der Waals surface area (Å²) >= 11 is 0. The van der Waals surface area contributed by atoms with Crippen LogP contribution in [-0.4, -0.2) is 0 Å². The molecule has 0 atom stereocenters. The second-order valence-corrected chi connectivity index (χ2v) is 4.78. The molecule has 0 aromatic heterocycles. The molecule has 0 bridgehead atoms. The van der Waals surface area contributed by atoms with Crippen molar-refractivity contribution in [3.63, 3.8) is 0 Å². The highest BCUT2D eigenvalue weighted by atomic mass is 13.9. The Morgan fingerprint density at radius 3 is 1.63 bits per heavy atom. The highest BCUT2D eigenvalue weighted by Crippen LogP contribution is 2.08. The van der Waals surface area contributed by atoms with Gasteiger partial charge in [0.1, 0.15) is 0 Å². The minimum atomic E-state index is 1.12. The van der Waals surface area contributed by atoms with Crippen LogP contribution >= 0.6 is 0 Å². The van der Waals surface area contributed by atoms with Gasteiger partial charge in [0.05, 0.1) is 0 Å². The molecule has 0 saturated carbocycles. The van der Waals surface area contributed by atoms with Gasteiger partial charge in [0.2, 0.25) is 0 Å². The van der Waals surface area contributed by atoms with E-state index in [1.807, 2.05) is 31.2 Å². The predicted octanol–water partition coefficient (Wildman–Crippen LogP) is 5.83. The number of allylic oxidation sites excluding steroid dienone is 2. The van der Waals surface area contributed by atoms with Gasteiger partial charge in [0, 0.05) is 0 Å². The lowest BCUT2D eigenvalue weighted by Crippen LogP contribution is -1.72. The van der Waals surface area contributed by atoms with Crippen LogP contribution in [0, 0.1) is 0 Å². The first kappa shape index (κ1) is 15.0. The van der Waals surface area contributed by atoms with Gasteiger partial charge in [0.25, 0.3) is 0 Å². The average Bonchev–Trinajstić information content (AvgIpc) is 2.41. The number of benzene rings is 2. The van der Waals surface area contributed by atoms with Gasteiger partial charge in [-0.2, -0.15) is 0 Å². The van der Waals surface area contributed by atoms with Gasteiger partial charge in [-0.25, -0.2) is 0 Å². The second kappa shape index (κ2) is 8.10. The molecule has 0 N–H and O–H groups in total. The lowest BCUT2D eigenvalue weighted by molar-refractivity contribution is 1.42. The van der Waals surface area contributed by atoms with Gasteiger partial charge >= 0.3 is 0 Å². The Morgan fingerprint density at radius 2 is 1.26 bits per heavy atom. The van der Waals surface area contributed by atoms with Crippen molar-refractivity contribution in [3.8, 4) is 0 Å². The van der Waals surface area contributed by atoms with Gasteiger partial charge in [-0.15, -0.1) is 0 Å². The number of hydrogen-bond donors (Lipinski definition) is 0. The van der Waals surface area contributed by atoms with Crippen LogP contribution in [0.4, 0.5) is 0 Å². The van der Waals surface area contributed by atoms with Crippen molar-refractivity contribution in [2.75, 3.05) is 0 Å². The first-order chi connectivity index (χ1) is 9.09. The maximum Gasteiger partial charge on any atom is -0.0233 e. The van der Waals surface area contributed by atoms with Gasteiger partial charge in [-0.1, -0.05) is 84.5 Å². The van der Waals surface area contributed by atoms with Crippen molar-refractivity contribution in [2.24, 2.45) is 0 Å². The Bertz CT molecular complexity index is 514. The molecule has 0 amide bonds. The molecular formula is C19H22. The summed E-state index contributed by atoms with van der Waals surface area (Å²) < 4.78 is 0. The van der Waals surface area contributed by atoms with Crippen molar-refractivity contribution in [1.29, 1.82) is 0 Å². The third kappa shape index (κ3) is 6.42. The number of rotatable bonds is 2. The second-order valence-electron chi connectivity index (χ2n) is 4.78. The van der Waals surface area contributed by atoms with Crippen LogP contribution in [0.3, 0.4) is 0 Å². The minimum absolute atomic E-state index is 1.12. The SMILES string of the molecule is C=C(C)c1ccccc1.CC(C)=Cc1ccccc1. The fourth-order valence-corrected chi connectivity index (χ4v) is 1.61. The fourth-order valence-electron chi connectivity index (χ4n) is 1.61. The molecule has 0 spiro atoms. The lowest BCUT2D eigenvalue weighted by Gasteiger charge is -1.94. The lowest BCUT2D eigenvalue weighted by atomic mass is 10.1. The quantitative estimate of drug-likeness (QED) is 0.629. The Morgan fingerprint density at radius 1 is 0.789 bits per heavy atom. The molecule has 98 valence electrons. The Balaban J connectivity index is 0.000000191. The summed E-state index contributed by atoms with van der Waals surface area (Å²) in [6.45, 7) is 10.0. The monoisotopic (exact) mass is 250 g/mol. The summed E-state index contributed by atoms with van der Waals surface area (Å²) in [7, 11) is 0. The van der Waals surface area contributed by atoms with E-state index < -0.39 is 0 Å². The van der Waals surface area contributed by atoms with Gasteiger partial charge in [-0.3, -0.25) is 0 Å². The first-order valence-corrected chi connectivity index (χ1v) is 6.50. The Kier molecular flexibility index (Phi) is 6.38. The molecule has 0 radical (unpaired) electrons. The maximum absolute atomic E-state index is 3.83. The molecule has 0 heterocycles. The molecule has 19 heavy (non-hydrogen) atoms. The van der Waals surface area contributed by atoms with Crippen molar-refractivity contribution in [1.82, 2.24) is 0 Å². The first-order valence-electron chi connectivity index (χ1n) is 6.50. The zero-order valence-electron chi connectivity index (χ0n) is 12.1. The summed E-state index contributed by atoms with van der Waals surface area (Å²) in [5, 5.41) is 0. The molecule has 0 saturated heterocycles. The maximum atomic E-state index is 3.83. The van der Waals surface area contributed by atoms with E-state index in [-0.39, 0.29) is 0 Å². The highest BCUT2D eigenvalue weighted by Gasteiger charge is 1.86. The van der Waals surface area contributed by atoms with Crippen LogP contribution < -0.4 is 0 Å². The fraction of sp³-hybridized carbons (Fsp3) is 0.158. The van der Waals surface area contributed by atoms with E-state index >= 15 is 0 Å². The van der Waals surface area contributed by atoms with Crippen LogP contribution in [0.1, 0.15) is 31.9 Å². The number of hydrogen-bond acceptors (Lipinski definition) is 0. The van der Waals surface area contributed by atoms with Crippen LogP contribution in [0.2, 0.25) is 0 Å². The van der Waals surface area contributed by atoms with E-state index in [0.29, 0.717) is 0 Å². The zero-order valence-corrected chi connectivity index (χ0v) is 12.1. The minimum Gasteiger partial charge on any atom is -0.0955 e. The predicted molar refractivity (Wildman–Crippen MR) is 86.9 cm³/mol. The van der Waals surface area contributed by atoms with Crippen molar-refractivity contribution in [3.05, 3.63) is 83.9 Å². The van der Waals surface area contributed by atoms with Crippen molar-refractivity contribution >= 4 is 11.6 Å². The standard InChI is InChI=1S/C10H12.C9H10/c1-9(2)8-10-6-4-3-5-7-10;1-8(2)9-6-4-3-5-7-9/h3-8H,1-2H3;3-7H,1H2,2H3. The summed E-state index contributed by atoms with van der Waals surface area (Å²) in [4.78, 5) is 0. The molecular weight excluding hydrogens is 228 g/mol. The largest absolute Gasteiger partial charge is 0.0955 e. The third-order valence-electron chi connectivity index (χ3n) is 2.52. The summed E-state index contributed by atoms with van der Waals surface area (Å²) in [5.74, 6) is 0. The van der Waals surface area contributed by atoms with Crippen molar-refractivity contribution in [2.45, 2.75) is 20.8 Å². The topological polar surface area (TPSA) is 0 Å². The molecule has 0 fully saturated rings. The average molecular weight is 250 g/mol. The van der Waals surface area contributed by atoms with E-state index in [0.717, 1.165) is 5.57 Å². The van der Waals surface area contributed by atoms with E-state index in [2.05, 4.69) is 62.9 Å². The normalized spacial score (nSPS) is 9.00. The smallest absolute Gasteiger partial charge is 0.0233 e. The van der Waals surface area contributed by atoms with E-state index in [9.17, 15) is 0 Å².